The molecule has 1 amide bonds. The first kappa shape index (κ1) is 22.1. The molecule has 1 unspecified atom stereocenters. The van der Waals surface area contributed by atoms with Crippen molar-refractivity contribution in [2.75, 3.05) is 33.4 Å². The summed E-state index contributed by atoms with van der Waals surface area (Å²) in [5, 5.41) is 3.34. The van der Waals surface area contributed by atoms with Crippen molar-refractivity contribution >= 4 is 34.2 Å². The van der Waals surface area contributed by atoms with E-state index in [-0.39, 0.29) is 24.4 Å². The molecule has 0 bridgehead atoms. The third-order valence-electron chi connectivity index (χ3n) is 4.13. The van der Waals surface area contributed by atoms with Crippen LogP contribution < -0.4 is 14.8 Å². The van der Waals surface area contributed by atoms with E-state index in [9.17, 15) is 4.79 Å². The predicted molar refractivity (Wildman–Crippen MR) is 106 cm³/mol. The minimum atomic E-state index is 0. The first-order valence-electron chi connectivity index (χ1n) is 8.64. The molecular formula is C18H28BrClN2O3. The lowest BCUT2D eigenvalue weighted by atomic mass is 10.1. The number of nitrogens with one attached hydrogen (secondary N) is 1. The molecule has 5 nitrogen and oxygen atoms in total. The number of halogens is 2. The number of methoxy groups -OCH3 is 1. The highest BCUT2D eigenvalue weighted by Gasteiger charge is 2.27. The number of rotatable bonds is 8. The van der Waals surface area contributed by atoms with Crippen molar-refractivity contribution in [2.24, 2.45) is 0 Å². The average molecular weight is 436 g/mol. The van der Waals surface area contributed by atoms with E-state index in [1.807, 2.05) is 11.0 Å². The van der Waals surface area contributed by atoms with Crippen LogP contribution in [0.1, 0.15) is 43.5 Å². The summed E-state index contributed by atoms with van der Waals surface area (Å²) in [5.74, 6) is 1.29. The topological polar surface area (TPSA) is 50.8 Å². The van der Waals surface area contributed by atoms with E-state index in [0.29, 0.717) is 23.7 Å². The number of nitrogens with zero attached hydrogens (tertiary/aromatic N) is 1. The highest BCUT2D eigenvalue weighted by molar-refractivity contribution is 9.10. The van der Waals surface area contributed by atoms with Crippen molar-refractivity contribution in [3.8, 4) is 11.5 Å². The Morgan fingerprint density at radius 1 is 1.36 bits per heavy atom. The van der Waals surface area contributed by atoms with Gasteiger partial charge in [0, 0.05) is 24.7 Å². The highest BCUT2D eigenvalue weighted by atomic mass is 79.9. The van der Waals surface area contributed by atoms with E-state index < -0.39 is 0 Å². The van der Waals surface area contributed by atoms with Gasteiger partial charge in [-0.1, -0.05) is 13.8 Å². The zero-order chi connectivity index (χ0) is 17.5. The molecule has 0 aliphatic carbocycles. The van der Waals surface area contributed by atoms with Gasteiger partial charge in [0.1, 0.15) is 0 Å². The lowest BCUT2D eigenvalue weighted by Crippen LogP contribution is -2.42. The van der Waals surface area contributed by atoms with Gasteiger partial charge in [0.15, 0.2) is 11.5 Å². The Kier molecular flexibility index (Phi) is 9.61. The monoisotopic (exact) mass is 434 g/mol. The molecule has 0 radical (unpaired) electrons. The second-order valence-electron chi connectivity index (χ2n) is 5.98. The van der Waals surface area contributed by atoms with Gasteiger partial charge < -0.3 is 19.7 Å². The SMILES string of the molecule is CCCOc1c(Br)cc(C(=O)N(CCC)C2CCNC2)cc1OC.Cl. The number of carbonyl (C=O) groups excluding carboxylic acids is 1. The molecule has 1 N–H and O–H groups in total. The molecule has 2 rings (SSSR count). The number of benzene rings is 1. The molecule has 0 saturated carbocycles. The molecule has 1 atom stereocenters. The molecule has 0 spiro atoms. The standard InChI is InChI=1S/C18H27BrN2O3.ClH/c1-4-8-21(14-6-7-20-12-14)18(22)13-10-15(19)17(24-9-5-2)16(11-13)23-3;/h10-11,14,20H,4-9,12H2,1-3H3;1H. The van der Waals surface area contributed by atoms with Crippen LogP contribution in [0.3, 0.4) is 0 Å². The number of carbonyl (C=O) groups is 1. The van der Waals surface area contributed by atoms with Crippen molar-refractivity contribution in [1.29, 1.82) is 0 Å². The van der Waals surface area contributed by atoms with Gasteiger partial charge in [0.25, 0.3) is 5.91 Å². The summed E-state index contributed by atoms with van der Waals surface area (Å²) >= 11 is 3.52. The minimum Gasteiger partial charge on any atom is -0.493 e. The average Bonchev–Trinajstić information content (AvgIpc) is 3.11. The molecule has 1 aliphatic heterocycles. The molecular weight excluding hydrogens is 408 g/mol. The zero-order valence-electron chi connectivity index (χ0n) is 15.1. The number of amides is 1. The fraction of sp³-hybridized carbons (Fsp3) is 0.611. The smallest absolute Gasteiger partial charge is 0.254 e. The highest BCUT2D eigenvalue weighted by Crippen LogP contribution is 2.37. The van der Waals surface area contributed by atoms with Crippen LogP contribution in [-0.4, -0.2) is 50.2 Å². The molecule has 1 heterocycles. The normalized spacial score (nSPS) is 16.2. The van der Waals surface area contributed by atoms with E-state index in [0.717, 1.165) is 43.4 Å². The van der Waals surface area contributed by atoms with Crippen LogP contribution in [0, 0.1) is 0 Å². The maximum absolute atomic E-state index is 13.0. The molecule has 1 saturated heterocycles. The maximum Gasteiger partial charge on any atom is 0.254 e. The van der Waals surface area contributed by atoms with Crippen LogP contribution in [0.25, 0.3) is 0 Å². The van der Waals surface area contributed by atoms with Crippen LogP contribution in [0.15, 0.2) is 16.6 Å². The summed E-state index contributed by atoms with van der Waals surface area (Å²) in [6.07, 6.45) is 2.86. The van der Waals surface area contributed by atoms with E-state index >= 15 is 0 Å². The second kappa shape index (κ2) is 10.9. The minimum absolute atomic E-state index is 0. The van der Waals surface area contributed by atoms with Gasteiger partial charge in [-0.15, -0.1) is 12.4 Å². The molecule has 1 aromatic carbocycles. The van der Waals surface area contributed by atoms with Gasteiger partial charge in [0.2, 0.25) is 0 Å². The van der Waals surface area contributed by atoms with E-state index in [1.54, 1.807) is 13.2 Å². The van der Waals surface area contributed by atoms with E-state index in [2.05, 4.69) is 35.1 Å². The molecule has 1 aliphatic rings. The molecule has 142 valence electrons. The Labute approximate surface area is 165 Å². The third-order valence-corrected chi connectivity index (χ3v) is 4.72. The summed E-state index contributed by atoms with van der Waals surface area (Å²) in [4.78, 5) is 15.0. The Hall–Kier alpha value is -0.980. The van der Waals surface area contributed by atoms with Gasteiger partial charge in [0.05, 0.1) is 18.2 Å². The Morgan fingerprint density at radius 3 is 2.68 bits per heavy atom. The summed E-state index contributed by atoms with van der Waals surface area (Å²) in [5.41, 5.74) is 0.628. The third kappa shape index (κ3) is 5.50. The summed E-state index contributed by atoms with van der Waals surface area (Å²) < 4.78 is 11.9. The molecule has 1 aromatic rings. The van der Waals surface area contributed by atoms with Crippen LogP contribution in [0.2, 0.25) is 0 Å². The van der Waals surface area contributed by atoms with Crippen LogP contribution in [-0.2, 0) is 0 Å². The van der Waals surface area contributed by atoms with Gasteiger partial charge in [-0.05, 0) is 53.9 Å². The number of ether oxygens (including phenoxy) is 2. The maximum atomic E-state index is 13.0. The van der Waals surface area contributed by atoms with Gasteiger partial charge >= 0.3 is 0 Å². The zero-order valence-corrected chi connectivity index (χ0v) is 17.5. The lowest BCUT2D eigenvalue weighted by molar-refractivity contribution is 0.0691. The predicted octanol–water partition coefficient (Wildman–Crippen LogP) is 3.88. The molecule has 7 heteroatoms. The number of hydrogen-bond acceptors (Lipinski definition) is 4. The molecule has 0 aromatic heterocycles. The van der Waals surface area contributed by atoms with E-state index in [4.69, 9.17) is 9.47 Å². The van der Waals surface area contributed by atoms with Crippen molar-refractivity contribution < 1.29 is 14.3 Å². The lowest BCUT2D eigenvalue weighted by Gasteiger charge is -2.28. The van der Waals surface area contributed by atoms with Crippen LogP contribution in [0.4, 0.5) is 0 Å². The Morgan fingerprint density at radius 2 is 2.12 bits per heavy atom. The summed E-state index contributed by atoms with van der Waals surface area (Å²) in [7, 11) is 1.60. The first-order valence-corrected chi connectivity index (χ1v) is 9.43. The second-order valence-corrected chi connectivity index (χ2v) is 6.84. The Bertz CT molecular complexity index is 565. The fourth-order valence-electron chi connectivity index (χ4n) is 2.95. The first-order chi connectivity index (χ1) is 11.6. The van der Waals surface area contributed by atoms with Gasteiger partial charge in [-0.25, -0.2) is 0 Å². The van der Waals surface area contributed by atoms with Gasteiger partial charge in [-0.3, -0.25) is 4.79 Å². The van der Waals surface area contributed by atoms with Gasteiger partial charge in [-0.2, -0.15) is 0 Å². The van der Waals surface area contributed by atoms with Crippen molar-refractivity contribution in [3.63, 3.8) is 0 Å². The van der Waals surface area contributed by atoms with Crippen LogP contribution >= 0.6 is 28.3 Å². The molecule has 25 heavy (non-hydrogen) atoms. The summed E-state index contributed by atoms with van der Waals surface area (Å²) in [6.45, 7) is 7.35. The Balaban J connectivity index is 0.00000312. The van der Waals surface area contributed by atoms with Crippen molar-refractivity contribution in [1.82, 2.24) is 10.2 Å². The van der Waals surface area contributed by atoms with Crippen molar-refractivity contribution in [3.05, 3.63) is 22.2 Å². The van der Waals surface area contributed by atoms with Crippen molar-refractivity contribution in [2.45, 2.75) is 39.2 Å². The summed E-state index contributed by atoms with van der Waals surface area (Å²) in [6, 6.07) is 3.88. The quantitative estimate of drug-likeness (QED) is 0.673. The van der Waals surface area contributed by atoms with E-state index in [1.165, 1.54) is 0 Å². The largest absolute Gasteiger partial charge is 0.493 e. The molecule has 1 fully saturated rings. The van der Waals surface area contributed by atoms with Crippen LogP contribution in [0.5, 0.6) is 11.5 Å². The fourth-order valence-corrected chi connectivity index (χ4v) is 3.51. The number of hydrogen-bond donors (Lipinski definition) is 1.